The average molecular weight is 231 g/mol. The predicted octanol–water partition coefficient (Wildman–Crippen LogP) is -1.62. The number of hydrogen-bond donors (Lipinski definition) is 3. The van der Waals surface area contributed by atoms with Gasteiger partial charge in [-0.05, 0) is 14.1 Å². The molecule has 7 nitrogen and oxygen atoms in total. The van der Waals surface area contributed by atoms with Crippen LogP contribution in [0.2, 0.25) is 0 Å². The Morgan fingerprint density at radius 3 is 2.31 bits per heavy atom. The molecule has 2 amide bonds. The first kappa shape index (κ1) is 14.4. The number of rotatable bonds is 7. The maximum atomic E-state index is 11.3. The zero-order chi connectivity index (χ0) is 12.7. The van der Waals surface area contributed by atoms with Gasteiger partial charge in [0.15, 0.2) is 0 Å². The molecule has 0 aromatic rings. The molecule has 1 unspecified atom stereocenters. The van der Waals surface area contributed by atoms with Crippen molar-refractivity contribution >= 4 is 17.8 Å². The maximum absolute atomic E-state index is 11.3. The number of carboxylic acid groups (broad SMARTS) is 1. The first-order valence-electron chi connectivity index (χ1n) is 4.78. The lowest BCUT2D eigenvalue weighted by Gasteiger charge is -2.14. The normalized spacial score (nSPS) is 12.2. The number of nitrogens with zero attached hydrogens (tertiary/aromatic N) is 1. The van der Waals surface area contributed by atoms with Crippen LogP contribution < -0.4 is 11.1 Å². The van der Waals surface area contributed by atoms with Crippen molar-refractivity contribution in [3.05, 3.63) is 0 Å². The van der Waals surface area contributed by atoms with Crippen LogP contribution in [0, 0.1) is 0 Å². The van der Waals surface area contributed by atoms with Gasteiger partial charge < -0.3 is 21.1 Å². The maximum Gasteiger partial charge on any atom is 0.326 e. The number of hydrogen-bond acceptors (Lipinski definition) is 4. The quantitative estimate of drug-likeness (QED) is 0.487. The standard InChI is InChI=1S/C9H17N3O4/c1-12(2)4-3-8(14)11-6(9(15)16)5-7(10)13/h6H,3-5H2,1-2H3,(H2,10,13)(H,11,14)(H,15,16). The van der Waals surface area contributed by atoms with Gasteiger partial charge in [0.05, 0.1) is 6.42 Å². The van der Waals surface area contributed by atoms with Crippen LogP contribution in [-0.2, 0) is 14.4 Å². The van der Waals surface area contributed by atoms with Crippen LogP contribution in [0.5, 0.6) is 0 Å². The third-order valence-electron chi connectivity index (χ3n) is 1.82. The Bertz CT molecular complexity index is 278. The topological polar surface area (TPSA) is 113 Å². The van der Waals surface area contributed by atoms with Crippen LogP contribution in [-0.4, -0.2) is 54.5 Å². The summed E-state index contributed by atoms with van der Waals surface area (Å²) in [6, 6.07) is -1.24. The highest BCUT2D eigenvalue weighted by molar-refractivity contribution is 5.88. The van der Waals surface area contributed by atoms with Crippen molar-refractivity contribution in [3.63, 3.8) is 0 Å². The first-order chi connectivity index (χ1) is 7.32. The van der Waals surface area contributed by atoms with E-state index >= 15 is 0 Å². The number of carbonyl (C=O) groups excluding carboxylic acids is 2. The summed E-state index contributed by atoms with van der Waals surface area (Å²) in [5.41, 5.74) is 4.87. The van der Waals surface area contributed by atoms with Crippen LogP contribution >= 0.6 is 0 Å². The van der Waals surface area contributed by atoms with Gasteiger partial charge in [0.2, 0.25) is 11.8 Å². The van der Waals surface area contributed by atoms with E-state index in [2.05, 4.69) is 5.32 Å². The molecule has 0 aliphatic heterocycles. The molecule has 0 aliphatic carbocycles. The van der Waals surface area contributed by atoms with Crippen LogP contribution in [0.15, 0.2) is 0 Å². The van der Waals surface area contributed by atoms with E-state index in [-0.39, 0.29) is 6.42 Å². The molecule has 0 fully saturated rings. The SMILES string of the molecule is CN(C)CCC(=O)NC(CC(N)=O)C(=O)O. The van der Waals surface area contributed by atoms with Crippen molar-refractivity contribution in [1.82, 2.24) is 10.2 Å². The third-order valence-corrected chi connectivity index (χ3v) is 1.82. The average Bonchev–Trinajstić information content (AvgIpc) is 2.12. The number of carbonyl (C=O) groups is 3. The van der Waals surface area contributed by atoms with Crippen molar-refractivity contribution in [3.8, 4) is 0 Å². The fourth-order valence-electron chi connectivity index (χ4n) is 0.993. The smallest absolute Gasteiger partial charge is 0.326 e. The second-order valence-corrected chi connectivity index (χ2v) is 3.68. The molecule has 0 saturated carbocycles. The van der Waals surface area contributed by atoms with Gasteiger partial charge in [0.1, 0.15) is 6.04 Å². The molecule has 0 heterocycles. The molecule has 92 valence electrons. The summed E-state index contributed by atoms with van der Waals surface area (Å²) in [7, 11) is 3.59. The van der Waals surface area contributed by atoms with Crippen molar-refractivity contribution in [1.29, 1.82) is 0 Å². The Hall–Kier alpha value is -1.63. The lowest BCUT2D eigenvalue weighted by Crippen LogP contribution is -2.43. The van der Waals surface area contributed by atoms with Gasteiger partial charge in [-0.2, -0.15) is 0 Å². The molecule has 0 aromatic heterocycles. The Kier molecular flexibility index (Phi) is 6.09. The van der Waals surface area contributed by atoms with E-state index in [0.29, 0.717) is 6.54 Å². The van der Waals surface area contributed by atoms with Crippen LogP contribution in [0.4, 0.5) is 0 Å². The van der Waals surface area contributed by atoms with Crippen molar-refractivity contribution in [2.24, 2.45) is 5.73 Å². The number of nitrogens with one attached hydrogen (secondary N) is 1. The minimum absolute atomic E-state index is 0.176. The van der Waals surface area contributed by atoms with Crippen LogP contribution in [0.25, 0.3) is 0 Å². The molecule has 0 radical (unpaired) electrons. The molecule has 0 rings (SSSR count). The van der Waals surface area contributed by atoms with Gasteiger partial charge >= 0.3 is 5.97 Å². The third kappa shape index (κ3) is 6.77. The highest BCUT2D eigenvalue weighted by atomic mass is 16.4. The first-order valence-corrected chi connectivity index (χ1v) is 4.78. The second-order valence-electron chi connectivity index (χ2n) is 3.68. The van der Waals surface area contributed by atoms with Crippen molar-refractivity contribution in [2.75, 3.05) is 20.6 Å². The van der Waals surface area contributed by atoms with E-state index < -0.39 is 30.2 Å². The zero-order valence-corrected chi connectivity index (χ0v) is 9.40. The molecule has 0 saturated heterocycles. The van der Waals surface area contributed by atoms with Gasteiger partial charge in [-0.3, -0.25) is 9.59 Å². The minimum Gasteiger partial charge on any atom is -0.480 e. The molecule has 0 bridgehead atoms. The fraction of sp³-hybridized carbons (Fsp3) is 0.667. The van der Waals surface area contributed by atoms with Gasteiger partial charge in [-0.1, -0.05) is 0 Å². The molecule has 0 aliphatic rings. The Morgan fingerprint density at radius 2 is 1.94 bits per heavy atom. The molecule has 7 heteroatoms. The summed E-state index contributed by atoms with van der Waals surface area (Å²) < 4.78 is 0. The number of amides is 2. The van der Waals surface area contributed by atoms with E-state index in [0.717, 1.165) is 0 Å². The van der Waals surface area contributed by atoms with E-state index in [1.165, 1.54) is 0 Å². The lowest BCUT2D eigenvalue weighted by molar-refractivity contribution is -0.143. The highest BCUT2D eigenvalue weighted by Gasteiger charge is 2.21. The molecule has 1 atom stereocenters. The molecular formula is C9H17N3O4. The van der Waals surface area contributed by atoms with Crippen molar-refractivity contribution < 1.29 is 19.5 Å². The number of carboxylic acids is 1. The Balaban J connectivity index is 4.13. The minimum atomic E-state index is -1.27. The number of primary amides is 1. The Labute approximate surface area is 93.6 Å². The molecule has 0 aromatic carbocycles. The molecule has 16 heavy (non-hydrogen) atoms. The van der Waals surface area contributed by atoms with Crippen LogP contribution in [0.1, 0.15) is 12.8 Å². The monoisotopic (exact) mass is 231 g/mol. The summed E-state index contributed by atoms with van der Waals surface area (Å²) in [4.78, 5) is 34.3. The molecule has 0 spiro atoms. The van der Waals surface area contributed by atoms with Gasteiger partial charge in [-0.25, -0.2) is 4.79 Å². The molecule has 4 N–H and O–H groups in total. The van der Waals surface area contributed by atoms with E-state index in [9.17, 15) is 14.4 Å². The van der Waals surface area contributed by atoms with Gasteiger partial charge in [-0.15, -0.1) is 0 Å². The lowest BCUT2D eigenvalue weighted by atomic mass is 10.2. The van der Waals surface area contributed by atoms with E-state index in [4.69, 9.17) is 10.8 Å². The van der Waals surface area contributed by atoms with Crippen LogP contribution in [0.3, 0.4) is 0 Å². The van der Waals surface area contributed by atoms with E-state index in [1.54, 1.807) is 19.0 Å². The number of nitrogens with two attached hydrogens (primary N) is 1. The van der Waals surface area contributed by atoms with E-state index in [1.807, 2.05) is 0 Å². The van der Waals surface area contributed by atoms with Gasteiger partial charge in [0, 0.05) is 13.0 Å². The largest absolute Gasteiger partial charge is 0.480 e. The highest BCUT2D eigenvalue weighted by Crippen LogP contribution is 1.93. The summed E-state index contributed by atoms with van der Waals surface area (Å²) in [5.74, 6) is -2.44. The summed E-state index contributed by atoms with van der Waals surface area (Å²) in [6.45, 7) is 0.509. The molecular weight excluding hydrogens is 214 g/mol. The second kappa shape index (κ2) is 6.78. The summed E-state index contributed by atoms with van der Waals surface area (Å²) in [6.07, 6.45) is -0.224. The van der Waals surface area contributed by atoms with Gasteiger partial charge in [0.25, 0.3) is 0 Å². The summed E-state index contributed by atoms with van der Waals surface area (Å²) >= 11 is 0. The Morgan fingerprint density at radius 1 is 1.38 bits per heavy atom. The predicted molar refractivity (Wildman–Crippen MR) is 56.5 cm³/mol. The summed E-state index contributed by atoms with van der Waals surface area (Å²) in [5, 5.41) is 11.0. The number of aliphatic carboxylic acids is 1. The fourth-order valence-corrected chi connectivity index (χ4v) is 0.993. The van der Waals surface area contributed by atoms with Crippen molar-refractivity contribution in [2.45, 2.75) is 18.9 Å². The zero-order valence-electron chi connectivity index (χ0n) is 9.40.